The van der Waals surface area contributed by atoms with Crippen LogP contribution in [-0.4, -0.2) is 0 Å². The van der Waals surface area contributed by atoms with Crippen molar-refractivity contribution >= 4 is 0 Å². The predicted octanol–water partition coefficient (Wildman–Crippen LogP) is 8.09. The SMILES string of the molecule is CC=C[C@H]1CC[C@H](CCC=C[C@H]2CC[C@H](CCCCC)CC2)CC1. The molecule has 2 rings (SSSR count). The standard InChI is InChI=1S/C24H42/c1-3-5-6-10-22-17-19-24(20-18-22)12-8-7-11-23-15-13-21(9-4-2)14-16-23/h4,8-9,12,21-24H,3,5-7,10-11,13-20H2,1-2H3/t21-,22-,23-,24-. The minimum atomic E-state index is 0.884. The van der Waals surface area contributed by atoms with Crippen molar-refractivity contribution in [1.82, 2.24) is 0 Å². The van der Waals surface area contributed by atoms with Gasteiger partial charge in [0.2, 0.25) is 0 Å². The quantitative estimate of drug-likeness (QED) is 0.296. The molecule has 24 heavy (non-hydrogen) atoms. The molecule has 0 radical (unpaired) electrons. The van der Waals surface area contributed by atoms with Crippen LogP contribution >= 0.6 is 0 Å². The summed E-state index contributed by atoms with van der Waals surface area (Å²) in [7, 11) is 0. The Balaban J connectivity index is 1.52. The van der Waals surface area contributed by atoms with E-state index in [0.717, 1.165) is 23.7 Å². The Labute approximate surface area is 152 Å². The summed E-state index contributed by atoms with van der Waals surface area (Å²) in [6, 6.07) is 0. The van der Waals surface area contributed by atoms with E-state index in [0.29, 0.717) is 0 Å². The van der Waals surface area contributed by atoms with Crippen molar-refractivity contribution in [2.24, 2.45) is 23.7 Å². The highest BCUT2D eigenvalue weighted by Crippen LogP contribution is 2.34. The molecule has 0 N–H and O–H groups in total. The van der Waals surface area contributed by atoms with Gasteiger partial charge in [-0.15, -0.1) is 0 Å². The Morgan fingerprint density at radius 1 is 0.708 bits per heavy atom. The molecule has 0 aromatic heterocycles. The van der Waals surface area contributed by atoms with Crippen molar-refractivity contribution in [2.75, 3.05) is 0 Å². The lowest BCUT2D eigenvalue weighted by Crippen LogP contribution is -2.13. The number of rotatable bonds is 9. The van der Waals surface area contributed by atoms with Crippen molar-refractivity contribution in [3.05, 3.63) is 24.3 Å². The van der Waals surface area contributed by atoms with Gasteiger partial charge in [-0.3, -0.25) is 0 Å². The third kappa shape index (κ3) is 7.58. The summed E-state index contributed by atoms with van der Waals surface area (Å²) in [5.74, 6) is 3.84. The Bertz CT molecular complexity index is 348. The normalized spacial score (nSPS) is 31.9. The average Bonchev–Trinajstić information content (AvgIpc) is 2.62. The first kappa shape index (κ1) is 19.8. The van der Waals surface area contributed by atoms with Gasteiger partial charge in [0.15, 0.2) is 0 Å². The van der Waals surface area contributed by atoms with Gasteiger partial charge in [-0.05, 0) is 94.8 Å². The summed E-state index contributed by atoms with van der Waals surface area (Å²) >= 11 is 0. The smallest absolute Gasteiger partial charge is 0.0233 e. The fourth-order valence-electron chi connectivity index (χ4n) is 4.91. The fraction of sp³-hybridized carbons (Fsp3) is 0.833. The lowest BCUT2D eigenvalue weighted by molar-refractivity contribution is 0.287. The fourth-order valence-corrected chi connectivity index (χ4v) is 4.91. The molecule has 0 heteroatoms. The molecule has 2 aliphatic rings. The van der Waals surface area contributed by atoms with Gasteiger partial charge in [0.05, 0.1) is 0 Å². The summed E-state index contributed by atoms with van der Waals surface area (Å²) in [6.45, 7) is 4.48. The first-order valence-corrected chi connectivity index (χ1v) is 11.1. The minimum absolute atomic E-state index is 0.884. The van der Waals surface area contributed by atoms with Gasteiger partial charge >= 0.3 is 0 Å². The van der Waals surface area contributed by atoms with Crippen molar-refractivity contribution in [2.45, 2.75) is 104 Å². The molecule has 0 heterocycles. The summed E-state index contributed by atoms with van der Waals surface area (Å²) in [4.78, 5) is 0. The van der Waals surface area contributed by atoms with Crippen molar-refractivity contribution < 1.29 is 0 Å². The molecule has 0 aromatic carbocycles. The van der Waals surface area contributed by atoms with Gasteiger partial charge in [0, 0.05) is 0 Å². The van der Waals surface area contributed by atoms with Crippen LogP contribution in [0.15, 0.2) is 24.3 Å². The highest BCUT2D eigenvalue weighted by Gasteiger charge is 2.20. The largest absolute Gasteiger partial charge is 0.0914 e. The molecular formula is C24H42. The Morgan fingerprint density at radius 2 is 1.29 bits per heavy atom. The van der Waals surface area contributed by atoms with E-state index < -0.39 is 0 Å². The number of unbranched alkanes of at least 4 members (excludes halogenated alkanes) is 2. The lowest BCUT2D eigenvalue weighted by atomic mass is 9.79. The molecule has 2 aliphatic carbocycles. The zero-order valence-electron chi connectivity index (χ0n) is 16.5. The van der Waals surface area contributed by atoms with Crippen molar-refractivity contribution in [3.63, 3.8) is 0 Å². The van der Waals surface area contributed by atoms with Crippen LogP contribution in [0.25, 0.3) is 0 Å². The van der Waals surface area contributed by atoms with Gasteiger partial charge in [0.1, 0.15) is 0 Å². The summed E-state index contributed by atoms with van der Waals surface area (Å²) in [6.07, 6.45) is 30.0. The Hall–Kier alpha value is -0.520. The molecule has 0 aromatic rings. The van der Waals surface area contributed by atoms with Crippen molar-refractivity contribution in [1.29, 1.82) is 0 Å². The van der Waals surface area contributed by atoms with Gasteiger partial charge in [-0.1, -0.05) is 56.9 Å². The van der Waals surface area contributed by atoms with E-state index in [2.05, 4.69) is 38.2 Å². The third-order valence-electron chi connectivity index (χ3n) is 6.61. The van der Waals surface area contributed by atoms with E-state index >= 15 is 0 Å². The van der Waals surface area contributed by atoms with E-state index in [4.69, 9.17) is 0 Å². The number of allylic oxidation sites excluding steroid dienone is 4. The van der Waals surface area contributed by atoms with Crippen LogP contribution in [-0.2, 0) is 0 Å². The zero-order chi connectivity index (χ0) is 17.0. The summed E-state index contributed by atoms with van der Waals surface area (Å²) in [5, 5.41) is 0. The van der Waals surface area contributed by atoms with E-state index in [1.54, 1.807) is 0 Å². The molecule has 0 atom stereocenters. The first-order valence-electron chi connectivity index (χ1n) is 11.1. The second kappa shape index (κ2) is 11.9. The molecule has 0 spiro atoms. The highest BCUT2D eigenvalue weighted by molar-refractivity contribution is 4.92. The average molecular weight is 331 g/mol. The molecule has 0 aliphatic heterocycles. The molecule has 2 saturated carbocycles. The van der Waals surface area contributed by atoms with E-state index in [1.807, 2.05) is 0 Å². The van der Waals surface area contributed by atoms with E-state index in [1.165, 1.54) is 89.9 Å². The lowest BCUT2D eigenvalue weighted by Gasteiger charge is -2.27. The Kier molecular flexibility index (Phi) is 9.85. The van der Waals surface area contributed by atoms with Crippen LogP contribution in [0.2, 0.25) is 0 Å². The minimum Gasteiger partial charge on any atom is -0.0914 e. The van der Waals surface area contributed by atoms with E-state index in [9.17, 15) is 0 Å². The molecular weight excluding hydrogens is 288 g/mol. The molecule has 0 nitrogen and oxygen atoms in total. The first-order chi connectivity index (χ1) is 11.8. The molecule has 0 unspecified atom stereocenters. The maximum Gasteiger partial charge on any atom is -0.0233 e. The van der Waals surface area contributed by atoms with Gasteiger partial charge in [-0.25, -0.2) is 0 Å². The Morgan fingerprint density at radius 3 is 1.88 bits per heavy atom. The molecule has 138 valence electrons. The third-order valence-corrected chi connectivity index (χ3v) is 6.61. The zero-order valence-corrected chi connectivity index (χ0v) is 16.5. The van der Waals surface area contributed by atoms with Crippen LogP contribution in [0.4, 0.5) is 0 Å². The second-order valence-electron chi connectivity index (χ2n) is 8.59. The number of hydrogen-bond donors (Lipinski definition) is 0. The maximum absolute atomic E-state index is 2.58. The van der Waals surface area contributed by atoms with Gasteiger partial charge < -0.3 is 0 Å². The van der Waals surface area contributed by atoms with Crippen LogP contribution in [0.5, 0.6) is 0 Å². The summed E-state index contributed by atoms with van der Waals surface area (Å²) in [5.41, 5.74) is 0. The summed E-state index contributed by atoms with van der Waals surface area (Å²) < 4.78 is 0. The van der Waals surface area contributed by atoms with Crippen molar-refractivity contribution in [3.8, 4) is 0 Å². The molecule has 2 fully saturated rings. The van der Waals surface area contributed by atoms with Crippen LogP contribution in [0, 0.1) is 23.7 Å². The predicted molar refractivity (Wildman–Crippen MR) is 108 cm³/mol. The topological polar surface area (TPSA) is 0 Å². The van der Waals surface area contributed by atoms with Crippen LogP contribution in [0.1, 0.15) is 104 Å². The van der Waals surface area contributed by atoms with Crippen LogP contribution < -0.4 is 0 Å². The monoisotopic (exact) mass is 330 g/mol. The number of hydrogen-bond acceptors (Lipinski definition) is 0. The molecule has 0 bridgehead atoms. The second-order valence-corrected chi connectivity index (χ2v) is 8.59. The molecule has 0 saturated heterocycles. The van der Waals surface area contributed by atoms with E-state index in [-0.39, 0.29) is 0 Å². The highest BCUT2D eigenvalue weighted by atomic mass is 14.3. The van der Waals surface area contributed by atoms with Gasteiger partial charge in [-0.2, -0.15) is 0 Å². The van der Waals surface area contributed by atoms with Gasteiger partial charge in [0.25, 0.3) is 0 Å². The maximum atomic E-state index is 2.58. The van der Waals surface area contributed by atoms with Crippen LogP contribution in [0.3, 0.4) is 0 Å². The molecule has 0 amide bonds.